The summed E-state index contributed by atoms with van der Waals surface area (Å²) in [6, 6.07) is 14.2. The van der Waals surface area contributed by atoms with Gasteiger partial charge >= 0.3 is 5.97 Å². The Morgan fingerprint density at radius 2 is 1.86 bits per heavy atom. The number of H-pyrrole nitrogens is 1. The average Bonchev–Trinajstić information content (AvgIpc) is 2.89. The lowest BCUT2D eigenvalue weighted by Crippen LogP contribution is -1.97. The maximum Gasteiger partial charge on any atom is 0.313 e. The number of aromatic nitrogens is 1. The summed E-state index contributed by atoms with van der Waals surface area (Å²) in [5, 5.41) is 10.1. The number of nitrogens with one attached hydrogen (secondary N) is 1. The van der Waals surface area contributed by atoms with E-state index in [-0.39, 0.29) is 5.75 Å². The van der Waals surface area contributed by atoms with Crippen molar-refractivity contribution in [3.05, 3.63) is 53.6 Å². The van der Waals surface area contributed by atoms with Crippen molar-refractivity contribution in [2.75, 3.05) is 5.75 Å². The van der Waals surface area contributed by atoms with Crippen LogP contribution in [0, 0.1) is 13.8 Å². The SMILES string of the molecule is Cc1ccc2c(SCC(=O)O)c(-c3ccccc3)[nH]c2c1C. The van der Waals surface area contributed by atoms with Gasteiger partial charge in [0.15, 0.2) is 0 Å². The molecule has 0 spiro atoms. The summed E-state index contributed by atoms with van der Waals surface area (Å²) in [5.41, 5.74) is 5.59. The first-order valence-electron chi connectivity index (χ1n) is 7.10. The molecule has 0 atom stereocenters. The second-order valence-electron chi connectivity index (χ2n) is 5.31. The van der Waals surface area contributed by atoms with Crippen molar-refractivity contribution >= 4 is 28.6 Å². The number of fused-ring (bicyclic) bond motifs is 1. The van der Waals surface area contributed by atoms with E-state index in [1.807, 2.05) is 30.3 Å². The third-order valence-electron chi connectivity index (χ3n) is 3.86. The van der Waals surface area contributed by atoms with Crippen molar-refractivity contribution in [1.29, 1.82) is 0 Å². The van der Waals surface area contributed by atoms with Crippen molar-refractivity contribution in [3.63, 3.8) is 0 Å². The summed E-state index contributed by atoms with van der Waals surface area (Å²) in [5.74, 6) is -0.748. The van der Waals surface area contributed by atoms with Crippen molar-refractivity contribution in [3.8, 4) is 11.3 Å². The van der Waals surface area contributed by atoms with E-state index in [1.165, 1.54) is 22.9 Å². The molecule has 4 heteroatoms. The maximum atomic E-state index is 11.0. The lowest BCUT2D eigenvalue weighted by Gasteiger charge is -2.04. The normalized spacial score (nSPS) is 11.0. The van der Waals surface area contributed by atoms with Gasteiger partial charge in [0.1, 0.15) is 0 Å². The van der Waals surface area contributed by atoms with E-state index in [1.54, 1.807) is 0 Å². The zero-order valence-electron chi connectivity index (χ0n) is 12.5. The molecule has 0 bridgehead atoms. The molecule has 0 fully saturated rings. The topological polar surface area (TPSA) is 53.1 Å². The predicted molar refractivity (Wildman–Crippen MR) is 91.6 cm³/mol. The van der Waals surface area contributed by atoms with Crippen LogP contribution in [-0.4, -0.2) is 21.8 Å². The summed E-state index contributed by atoms with van der Waals surface area (Å²) >= 11 is 1.37. The van der Waals surface area contributed by atoms with Gasteiger partial charge in [-0.15, -0.1) is 11.8 Å². The Balaban J connectivity index is 2.23. The molecule has 3 nitrogen and oxygen atoms in total. The summed E-state index contributed by atoms with van der Waals surface area (Å²) in [6.45, 7) is 4.18. The van der Waals surface area contributed by atoms with Gasteiger partial charge in [-0.3, -0.25) is 4.79 Å². The van der Waals surface area contributed by atoms with Crippen LogP contribution in [0.25, 0.3) is 22.2 Å². The Labute approximate surface area is 133 Å². The molecular formula is C18H17NO2S. The first kappa shape index (κ1) is 14.7. The Morgan fingerprint density at radius 1 is 1.14 bits per heavy atom. The van der Waals surface area contributed by atoms with Gasteiger partial charge in [-0.05, 0) is 30.5 Å². The van der Waals surface area contributed by atoms with Crippen LogP contribution in [0.1, 0.15) is 11.1 Å². The predicted octanol–water partition coefficient (Wildman–Crippen LogP) is 4.63. The number of carboxylic acids is 1. The number of aryl methyl sites for hydroxylation is 2. The number of thioether (sulfide) groups is 1. The van der Waals surface area contributed by atoms with Gasteiger partial charge in [0.25, 0.3) is 0 Å². The van der Waals surface area contributed by atoms with Gasteiger partial charge in [0.05, 0.1) is 17.0 Å². The largest absolute Gasteiger partial charge is 0.481 e. The van der Waals surface area contributed by atoms with E-state index in [4.69, 9.17) is 5.11 Å². The van der Waals surface area contributed by atoms with Crippen LogP contribution in [0.4, 0.5) is 0 Å². The summed E-state index contributed by atoms with van der Waals surface area (Å²) in [6.07, 6.45) is 0. The fraction of sp³-hybridized carbons (Fsp3) is 0.167. The maximum absolute atomic E-state index is 11.0. The molecule has 3 rings (SSSR count). The van der Waals surface area contributed by atoms with Gasteiger partial charge in [-0.25, -0.2) is 0 Å². The standard InChI is InChI=1S/C18H17NO2S/c1-11-8-9-14-16(12(11)2)19-17(13-6-4-3-5-7-13)18(14)22-10-15(20)21/h3-9,19H,10H2,1-2H3,(H,20,21). The fourth-order valence-corrected chi connectivity index (χ4v) is 3.48. The summed E-state index contributed by atoms with van der Waals surface area (Å²) in [7, 11) is 0. The van der Waals surface area contributed by atoms with Gasteiger partial charge in [-0.1, -0.05) is 42.5 Å². The summed E-state index contributed by atoms with van der Waals surface area (Å²) < 4.78 is 0. The van der Waals surface area contributed by atoms with Crippen LogP contribution in [0.15, 0.2) is 47.4 Å². The Hall–Kier alpha value is -2.20. The number of rotatable bonds is 4. The number of benzene rings is 2. The molecule has 0 aliphatic heterocycles. The van der Waals surface area contributed by atoms with Crippen molar-refractivity contribution < 1.29 is 9.90 Å². The van der Waals surface area contributed by atoms with Crippen molar-refractivity contribution in [2.45, 2.75) is 18.7 Å². The molecule has 1 heterocycles. The quantitative estimate of drug-likeness (QED) is 0.691. The molecule has 112 valence electrons. The molecule has 0 aliphatic rings. The molecule has 3 aromatic rings. The van der Waals surface area contributed by atoms with Gasteiger partial charge in [0.2, 0.25) is 0 Å². The van der Waals surface area contributed by atoms with E-state index < -0.39 is 5.97 Å². The minimum atomic E-state index is -0.804. The van der Waals surface area contributed by atoms with Crippen LogP contribution in [-0.2, 0) is 4.79 Å². The average molecular weight is 311 g/mol. The van der Waals surface area contributed by atoms with Crippen molar-refractivity contribution in [2.24, 2.45) is 0 Å². The molecular weight excluding hydrogens is 294 g/mol. The highest BCUT2D eigenvalue weighted by atomic mass is 32.2. The third-order valence-corrected chi connectivity index (χ3v) is 4.96. The van der Waals surface area contributed by atoms with E-state index in [9.17, 15) is 4.79 Å². The highest BCUT2D eigenvalue weighted by Crippen LogP contribution is 2.39. The Bertz CT molecular complexity index is 837. The number of carboxylic acid groups (broad SMARTS) is 1. The minimum Gasteiger partial charge on any atom is -0.481 e. The van der Waals surface area contributed by atoms with Gasteiger partial charge in [0, 0.05) is 10.3 Å². The Morgan fingerprint density at radius 3 is 2.55 bits per heavy atom. The van der Waals surface area contributed by atoms with Gasteiger partial charge < -0.3 is 10.1 Å². The number of aliphatic carboxylic acids is 1. The Kier molecular flexibility index (Phi) is 3.94. The number of hydrogen-bond donors (Lipinski definition) is 2. The van der Waals surface area contributed by atoms with Crippen LogP contribution in [0.2, 0.25) is 0 Å². The number of carbonyl (C=O) groups is 1. The second kappa shape index (κ2) is 5.89. The smallest absolute Gasteiger partial charge is 0.313 e. The highest BCUT2D eigenvalue weighted by molar-refractivity contribution is 8.00. The van der Waals surface area contributed by atoms with Crippen LogP contribution in [0.5, 0.6) is 0 Å². The molecule has 2 N–H and O–H groups in total. The monoisotopic (exact) mass is 311 g/mol. The van der Waals surface area contributed by atoms with Crippen LogP contribution >= 0.6 is 11.8 Å². The van der Waals surface area contributed by atoms with E-state index >= 15 is 0 Å². The number of hydrogen-bond acceptors (Lipinski definition) is 2. The zero-order valence-corrected chi connectivity index (χ0v) is 13.3. The van der Waals surface area contributed by atoms with Crippen LogP contribution < -0.4 is 0 Å². The van der Waals surface area contributed by atoms with E-state index in [0.717, 1.165) is 27.1 Å². The third kappa shape index (κ3) is 2.62. The van der Waals surface area contributed by atoms with Crippen LogP contribution in [0.3, 0.4) is 0 Å². The van der Waals surface area contributed by atoms with Gasteiger partial charge in [-0.2, -0.15) is 0 Å². The molecule has 22 heavy (non-hydrogen) atoms. The van der Waals surface area contributed by atoms with E-state index in [0.29, 0.717) is 0 Å². The molecule has 0 radical (unpaired) electrons. The molecule has 0 unspecified atom stereocenters. The summed E-state index contributed by atoms with van der Waals surface area (Å²) in [4.78, 5) is 15.5. The fourth-order valence-electron chi connectivity index (χ4n) is 2.57. The molecule has 1 aromatic heterocycles. The van der Waals surface area contributed by atoms with E-state index in [2.05, 4.69) is 31.0 Å². The molecule has 0 saturated heterocycles. The lowest BCUT2D eigenvalue weighted by molar-refractivity contribution is -0.133. The first-order chi connectivity index (χ1) is 10.6. The first-order valence-corrected chi connectivity index (χ1v) is 8.08. The molecule has 2 aromatic carbocycles. The lowest BCUT2D eigenvalue weighted by atomic mass is 10.1. The zero-order chi connectivity index (χ0) is 15.7. The second-order valence-corrected chi connectivity index (χ2v) is 6.29. The number of aromatic amines is 1. The molecule has 0 amide bonds. The highest BCUT2D eigenvalue weighted by Gasteiger charge is 2.16. The molecule has 0 aliphatic carbocycles. The minimum absolute atomic E-state index is 0.0553. The molecule has 0 saturated carbocycles. The van der Waals surface area contributed by atoms with Crippen molar-refractivity contribution in [1.82, 2.24) is 4.98 Å².